The predicted octanol–water partition coefficient (Wildman–Crippen LogP) is 3.94. The average Bonchev–Trinajstić information content (AvgIpc) is 2.56. The van der Waals surface area contributed by atoms with Crippen molar-refractivity contribution in [2.75, 3.05) is 18.5 Å². The van der Waals surface area contributed by atoms with Gasteiger partial charge in [-0.3, -0.25) is 9.69 Å². The fourth-order valence-corrected chi connectivity index (χ4v) is 2.85. The van der Waals surface area contributed by atoms with E-state index in [1.54, 1.807) is 12.1 Å². The monoisotopic (exact) mass is 356 g/mol. The first kappa shape index (κ1) is 19.2. The van der Waals surface area contributed by atoms with Gasteiger partial charge in [-0.1, -0.05) is 23.7 Å². The summed E-state index contributed by atoms with van der Waals surface area (Å²) in [6, 6.07) is 7.82. The van der Waals surface area contributed by atoms with Crippen LogP contribution in [0.4, 0.5) is 10.1 Å². The van der Waals surface area contributed by atoms with Gasteiger partial charge in [0, 0.05) is 31.4 Å². The molecule has 1 aromatic rings. The smallest absolute Gasteiger partial charge is 0.274 e. The summed E-state index contributed by atoms with van der Waals surface area (Å²) in [4.78, 5) is 13.6. The Bertz CT molecular complexity index is 516. The van der Waals surface area contributed by atoms with E-state index in [9.17, 15) is 9.18 Å². The zero-order valence-corrected chi connectivity index (χ0v) is 15.1. The fraction of sp³-hybridized carbons (Fsp3) is 0.611. The molecule has 6 heteroatoms. The quantitative estimate of drug-likeness (QED) is 0.752. The molecule has 24 heavy (non-hydrogen) atoms. The molecule has 134 valence electrons. The molecule has 1 aromatic carbocycles. The number of nitrogens with one attached hydrogen (secondary N) is 1. The number of nitrogens with zero attached hydrogens (tertiary/aromatic N) is 1. The Labute approximate surface area is 148 Å². The Morgan fingerprint density at radius 1 is 1.38 bits per heavy atom. The number of hydrogen-bond donors (Lipinski definition) is 1. The maximum atomic E-state index is 12.7. The summed E-state index contributed by atoms with van der Waals surface area (Å²) in [6.07, 6.45) is 3.83. The molecule has 0 aromatic heterocycles. The average molecular weight is 357 g/mol. The lowest BCUT2D eigenvalue weighted by Gasteiger charge is -2.32. The summed E-state index contributed by atoms with van der Waals surface area (Å²) < 4.78 is 18.5. The third-order valence-electron chi connectivity index (χ3n) is 4.25. The van der Waals surface area contributed by atoms with E-state index >= 15 is 0 Å². The molecular weight excluding hydrogens is 331 g/mol. The van der Waals surface area contributed by atoms with Crippen LogP contribution in [-0.4, -0.2) is 41.7 Å². The van der Waals surface area contributed by atoms with E-state index in [0.29, 0.717) is 17.8 Å². The van der Waals surface area contributed by atoms with Crippen LogP contribution in [-0.2, 0) is 16.1 Å². The molecule has 1 aliphatic heterocycles. The lowest BCUT2D eigenvalue weighted by atomic mass is 10.1. The lowest BCUT2D eigenvalue weighted by Crippen LogP contribution is -2.39. The van der Waals surface area contributed by atoms with Gasteiger partial charge in [0.05, 0.1) is 6.10 Å². The Morgan fingerprint density at radius 2 is 2.08 bits per heavy atom. The van der Waals surface area contributed by atoms with Crippen molar-refractivity contribution in [1.82, 2.24) is 4.90 Å². The summed E-state index contributed by atoms with van der Waals surface area (Å²) in [5.74, 6) is -0.845. The van der Waals surface area contributed by atoms with Crippen LogP contribution in [0.2, 0.25) is 0 Å². The first-order valence-electron chi connectivity index (χ1n) is 8.49. The highest BCUT2D eigenvalue weighted by molar-refractivity contribution is 6.31. The molecule has 1 heterocycles. The predicted molar refractivity (Wildman–Crippen MR) is 95.0 cm³/mol. The fourth-order valence-electron chi connectivity index (χ4n) is 2.80. The lowest BCUT2D eigenvalue weighted by molar-refractivity contribution is -0.118. The maximum Gasteiger partial charge on any atom is 0.274 e. The second-order valence-corrected chi connectivity index (χ2v) is 6.88. The molecule has 1 fully saturated rings. The van der Waals surface area contributed by atoms with Gasteiger partial charge in [0.15, 0.2) is 0 Å². The van der Waals surface area contributed by atoms with E-state index in [-0.39, 0.29) is 0 Å². The van der Waals surface area contributed by atoms with Crippen LogP contribution < -0.4 is 5.32 Å². The molecule has 1 amide bonds. The molecule has 1 saturated heterocycles. The third kappa shape index (κ3) is 6.04. The van der Waals surface area contributed by atoms with Crippen molar-refractivity contribution < 1.29 is 13.9 Å². The highest BCUT2D eigenvalue weighted by Gasteiger charge is 2.20. The highest BCUT2D eigenvalue weighted by Crippen LogP contribution is 2.18. The Balaban J connectivity index is 1.92. The minimum absolute atomic E-state index is 0.310. The van der Waals surface area contributed by atoms with Crippen molar-refractivity contribution in [2.45, 2.75) is 57.4 Å². The number of benzene rings is 1. The molecule has 0 aliphatic carbocycles. The van der Waals surface area contributed by atoms with Gasteiger partial charge in [-0.15, -0.1) is 0 Å². The zero-order valence-electron chi connectivity index (χ0n) is 14.3. The third-order valence-corrected chi connectivity index (χ3v) is 4.45. The number of carbonyl (C=O) groups excluding carboxylic acids is 1. The molecule has 0 bridgehead atoms. The molecule has 1 N–H and O–H groups in total. The normalized spacial score (nSPS) is 19.5. The molecule has 4 nitrogen and oxygen atoms in total. The summed E-state index contributed by atoms with van der Waals surface area (Å²) >= 11 is 5.11. The Morgan fingerprint density at radius 3 is 2.62 bits per heavy atom. The van der Waals surface area contributed by atoms with Crippen LogP contribution in [0.3, 0.4) is 0 Å². The minimum atomic E-state index is -2.03. The number of hydrogen-bond acceptors (Lipinski definition) is 3. The van der Waals surface area contributed by atoms with Crippen molar-refractivity contribution in [3.8, 4) is 0 Å². The van der Waals surface area contributed by atoms with Crippen LogP contribution in [0.5, 0.6) is 0 Å². The van der Waals surface area contributed by atoms with E-state index in [1.807, 2.05) is 12.1 Å². The van der Waals surface area contributed by atoms with Crippen molar-refractivity contribution in [3.05, 3.63) is 29.8 Å². The number of anilines is 1. The van der Waals surface area contributed by atoms with Gasteiger partial charge in [-0.25, -0.2) is 4.39 Å². The summed E-state index contributed by atoms with van der Waals surface area (Å²) in [6.45, 7) is 6.96. The molecule has 1 aliphatic rings. The number of alkyl halides is 2. The summed E-state index contributed by atoms with van der Waals surface area (Å²) in [5.41, 5.74) is -0.351. The van der Waals surface area contributed by atoms with Crippen molar-refractivity contribution >= 4 is 23.2 Å². The number of halogens is 2. The molecule has 2 atom stereocenters. The second-order valence-electron chi connectivity index (χ2n) is 6.50. The molecule has 0 spiro atoms. The van der Waals surface area contributed by atoms with Crippen LogP contribution in [0.1, 0.15) is 38.7 Å². The summed E-state index contributed by atoms with van der Waals surface area (Å²) in [7, 11) is 0. The van der Waals surface area contributed by atoms with Gasteiger partial charge in [0.2, 0.25) is 0 Å². The Kier molecular flexibility index (Phi) is 7.46. The largest absolute Gasteiger partial charge is 0.377 e. The molecule has 0 radical (unpaired) electrons. The molecule has 2 rings (SSSR count). The zero-order chi connectivity index (χ0) is 17.5. The van der Waals surface area contributed by atoms with E-state index in [2.05, 4.69) is 24.1 Å². The van der Waals surface area contributed by atoms with Crippen LogP contribution in [0.25, 0.3) is 0 Å². The van der Waals surface area contributed by atoms with Crippen molar-refractivity contribution in [1.29, 1.82) is 0 Å². The number of ether oxygens (including phenoxy) is 1. The number of amides is 1. The van der Waals surface area contributed by atoms with Gasteiger partial charge in [-0.05, 0) is 50.8 Å². The molecule has 2 unspecified atom stereocenters. The van der Waals surface area contributed by atoms with Gasteiger partial charge in [0.25, 0.3) is 11.5 Å². The van der Waals surface area contributed by atoms with Crippen LogP contribution >= 0.6 is 11.6 Å². The van der Waals surface area contributed by atoms with Gasteiger partial charge < -0.3 is 10.1 Å². The molecular formula is C18H26ClFN2O2. The standard InChI is InChI=1S/C18H26ClFN2O2/c1-13(2)22(12-16-5-3-4-10-24-16)11-14-6-8-15(9-7-14)21-18(23)17(19)20/h6-9,13,16-17H,3-5,10-12H2,1-2H3,(H,21,23). The first-order chi connectivity index (χ1) is 11.5. The minimum Gasteiger partial charge on any atom is -0.377 e. The van der Waals surface area contributed by atoms with Gasteiger partial charge in [0.1, 0.15) is 0 Å². The number of rotatable bonds is 7. The maximum absolute atomic E-state index is 12.7. The topological polar surface area (TPSA) is 41.6 Å². The van der Waals surface area contributed by atoms with E-state index < -0.39 is 11.5 Å². The van der Waals surface area contributed by atoms with Crippen LogP contribution in [0.15, 0.2) is 24.3 Å². The molecule has 0 saturated carbocycles. The SMILES string of the molecule is CC(C)N(Cc1ccc(NC(=O)C(F)Cl)cc1)CC1CCCCO1. The van der Waals surface area contributed by atoms with Gasteiger partial charge >= 0.3 is 0 Å². The van der Waals surface area contributed by atoms with Crippen molar-refractivity contribution in [3.63, 3.8) is 0 Å². The van der Waals surface area contributed by atoms with Gasteiger partial charge in [-0.2, -0.15) is 0 Å². The van der Waals surface area contributed by atoms with E-state index in [0.717, 1.165) is 38.1 Å². The van der Waals surface area contributed by atoms with Crippen LogP contribution in [0, 0.1) is 0 Å². The Hall–Kier alpha value is -1.17. The van der Waals surface area contributed by atoms with Crippen molar-refractivity contribution in [2.24, 2.45) is 0 Å². The first-order valence-corrected chi connectivity index (χ1v) is 8.93. The second kappa shape index (κ2) is 9.35. The highest BCUT2D eigenvalue weighted by atomic mass is 35.5. The number of carbonyl (C=O) groups is 1. The van der Waals surface area contributed by atoms with E-state index in [4.69, 9.17) is 16.3 Å². The van der Waals surface area contributed by atoms with E-state index in [1.165, 1.54) is 6.42 Å². The summed E-state index contributed by atoms with van der Waals surface area (Å²) in [5, 5.41) is 2.43.